The maximum Gasteiger partial charge on any atom is 0.172 e. The Morgan fingerprint density at radius 2 is 2.08 bits per heavy atom. The number of aliphatic hydroxyl groups excluding tert-OH is 1. The highest BCUT2D eigenvalue weighted by molar-refractivity contribution is 5.09. The van der Waals surface area contributed by atoms with Crippen molar-refractivity contribution in [1.82, 2.24) is 0 Å². The monoisotopic (exact) mass is 170 g/mol. The summed E-state index contributed by atoms with van der Waals surface area (Å²) < 4.78 is 11.0. The van der Waals surface area contributed by atoms with Gasteiger partial charge in [0.15, 0.2) is 5.79 Å². The summed E-state index contributed by atoms with van der Waals surface area (Å²) >= 11 is 0. The van der Waals surface area contributed by atoms with Crippen molar-refractivity contribution in [2.24, 2.45) is 0 Å². The Kier molecular flexibility index (Phi) is 1.94. The third-order valence-corrected chi connectivity index (χ3v) is 2.58. The van der Waals surface area contributed by atoms with Crippen LogP contribution in [0.5, 0.6) is 0 Å². The fourth-order valence-corrected chi connectivity index (χ4v) is 1.86. The molecule has 3 nitrogen and oxygen atoms in total. The number of rotatable bonds is 0. The van der Waals surface area contributed by atoms with Gasteiger partial charge in [-0.3, -0.25) is 0 Å². The molecule has 1 heterocycles. The molecule has 0 bridgehead atoms. The van der Waals surface area contributed by atoms with Gasteiger partial charge in [0.1, 0.15) is 0 Å². The molecule has 0 amide bonds. The van der Waals surface area contributed by atoms with Gasteiger partial charge in [-0.25, -0.2) is 0 Å². The Bertz CT molecular complexity index is 194. The lowest BCUT2D eigenvalue weighted by molar-refractivity contribution is -0.174. The van der Waals surface area contributed by atoms with Crippen molar-refractivity contribution in [3.05, 3.63) is 12.2 Å². The normalized spacial score (nSPS) is 34.4. The summed E-state index contributed by atoms with van der Waals surface area (Å²) in [5.41, 5.74) is 0.836. The third kappa shape index (κ3) is 1.28. The Balaban J connectivity index is 2.06. The second-order valence-electron chi connectivity index (χ2n) is 3.50. The molecule has 1 aliphatic carbocycles. The van der Waals surface area contributed by atoms with Gasteiger partial charge in [-0.05, 0) is 12.0 Å². The van der Waals surface area contributed by atoms with Gasteiger partial charge in [-0.1, -0.05) is 6.58 Å². The molecule has 0 aromatic carbocycles. The molecule has 2 rings (SSSR count). The number of hydrogen-bond donors (Lipinski definition) is 1. The van der Waals surface area contributed by atoms with E-state index in [9.17, 15) is 5.11 Å². The van der Waals surface area contributed by atoms with Crippen LogP contribution in [0.3, 0.4) is 0 Å². The van der Waals surface area contributed by atoms with Gasteiger partial charge in [-0.15, -0.1) is 0 Å². The van der Waals surface area contributed by atoms with Crippen molar-refractivity contribution < 1.29 is 14.6 Å². The molecular formula is C9H14O3. The second-order valence-corrected chi connectivity index (χ2v) is 3.50. The minimum atomic E-state index is -0.434. The van der Waals surface area contributed by atoms with Crippen molar-refractivity contribution in [3.8, 4) is 0 Å². The molecule has 1 unspecified atom stereocenters. The third-order valence-electron chi connectivity index (χ3n) is 2.58. The van der Waals surface area contributed by atoms with Crippen molar-refractivity contribution in [2.75, 3.05) is 13.2 Å². The van der Waals surface area contributed by atoms with E-state index in [1.807, 2.05) is 0 Å². The Morgan fingerprint density at radius 1 is 1.42 bits per heavy atom. The molecule has 1 spiro atoms. The molecule has 2 aliphatic rings. The van der Waals surface area contributed by atoms with E-state index < -0.39 is 5.79 Å². The van der Waals surface area contributed by atoms with E-state index in [2.05, 4.69) is 6.58 Å². The molecule has 68 valence electrons. The van der Waals surface area contributed by atoms with Crippen LogP contribution < -0.4 is 0 Å². The van der Waals surface area contributed by atoms with E-state index in [0.29, 0.717) is 26.1 Å². The van der Waals surface area contributed by atoms with E-state index in [1.54, 1.807) is 0 Å². The smallest absolute Gasteiger partial charge is 0.172 e. The van der Waals surface area contributed by atoms with Gasteiger partial charge in [0.25, 0.3) is 0 Å². The molecule has 1 aliphatic heterocycles. The first kappa shape index (κ1) is 8.23. The number of hydrogen-bond acceptors (Lipinski definition) is 3. The fourth-order valence-electron chi connectivity index (χ4n) is 1.86. The van der Waals surface area contributed by atoms with Crippen LogP contribution >= 0.6 is 0 Å². The molecule has 1 saturated carbocycles. The minimum Gasteiger partial charge on any atom is -0.389 e. The zero-order chi connectivity index (χ0) is 8.60. The molecule has 2 fully saturated rings. The lowest BCUT2D eigenvalue weighted by Gasteiger charge is -2.34. The highest BCUT2D eigenvalue weighted by Crippen LogP contribution is 2.37. The SMILES string of the molecule is C=C1CC2(CCC1O)OCCO2. The van der Waals surface area contributed by atoms with Crippen LogP contribution in [0.1, 0.15) is 19.3 Å². The highest BCUT2D eigenvalue weighted by Gasteiger charge is 2.41. The number of ether oxygens (including phenoxy) is 2. The average molecular weight is 170 g/mol. The Labute approximate surface area is 72.0 Å². The van der Waals surface area contributed by atoms with Crippen molar-refractivity contribution >= 4 is 0 Å². The van der Waals surface area contributed by atoms with Gasteiger partial charge in [-0.2, -0.15) is 0 Å². The average Bonchev–Trinajstić information content (AvgIpc) is 2.47. The van der Waals surface area contributed by atoms with Crippen LogP contribution in [0.4, 0.5) is 0 Å². The summed E-state index contributed by atoms with van der Waals surface area (Å²) in [6.45, 7) is 5.14. The van der Waals surface area contributed by atoms with E-state index >= 15 is 0 Å². The fraction of sp³-hybridized carbons (Fsp3) is 0.778. The van der Waals surface area contributed by atoms with Crippen LogP contribution in [0.25, 0.3) is 0 Å². The van der Waals surface area contributed by atoms with Crippen molar-refractivity contribution in [2.45, 2.75) is 31.2 Å². The van der Waals surface area contributed by atoms with Crippen LogP contribution in [0.15, 0.2) is 12.2 Å². The molecule has 1 saturated heterocycles. The minimum absolute atomic E-state index is 0.358. The summed E-state index contributed by atoms with van der Waals surface area (Å²) in [6, 6.07) is 0. The van der Waals surface area contributed by atoms with Crippen molar-refractivity contribution in [1.29, 1.82) is 0 Å². The topological polar surface area (TPSA) is 38.7 Å². The maximum absolute atomic E-state index is 9.41. The van der Waals surface area contributed by atoms with Gasteiger partial charge in [0.05, 0.1) is 19.3 Å². The summed E-state index contributed by atoms with van der Waals surface area (Å²) in [5, 5.41) is 9.41. The summed E-state index contributed by atoms with van der Waals surface area (Å²) in [5.74, 6) is -0.434. The lowest BCUT2D eigenvalue weighted by atomic mass is 9.88. The molecule has 0 aromatic heterocycles. The largest absolute Gasteiger partial charge is 0.389 e. The predicted molar refractivity (Wildman–Crippen MR) is 43.6 cm³/mol. The van der Waals surface area contributed by atoms with E-state index in [-0.39, 0.29) is 6.10 Å². The molecule has 0 aromatic rings. The van der Waals surface area contributed by atoms with Crippen molar-refractivity contribution in [3.63, 3.8) is 0 Å². The van der Waals surface area contributed by atoms with Crippen LogP contribution in [0, 0.1) is 0 Å². The number of aliphatic hydroxyl groups is 1. The molecule has 1 atom stereocenters. The van der Waals surface area contributed by atoms with Crippen LogP contribution in [-0.2, 0) is 9.47 Å². The summed E-state index contributed by atoms with van der Waals surface area (Å²) in [6.07, 6.45) is 1.78. The van der Waals surface area contributed by atoms with Gasteiger partial charge < -0.3 is 14.6 Å². The molecule has 3 heteroatoms. The highest BCUT2D eigenvalue weighted by atomic mass is 16.7. The first-order valence-corrected chi connectivity index (χ1v) is 4.35. The standard InChI is InChI=1S/C9H14O3/c1-7-6-9(3-2-8(7)10)11-4-5-12-9/h8,10H,1-6H2. The van der Waals surface area contributed by atoms with E-state index in [1.165, 1.54) is 0 Å². The summed E-state index contributed by atoms with van der Waals surface area (Å²) in [7, 11) is 0. The van der Waals surface area contributed by atoms with E-state index in [4.69, 9.17) is 9.47 Å². The van der Waals surface area contributed by atoms with Crippen LogP contribution in [0.2, 0.25) is 0 Å². The molecular weight excluding hydrogens is 156 g/mol. The first-order chi connectivity index (χ1) is 5.72. The first-order valence-electron chi connectivity index (χ1n) is 4.35. The van der Waals surface area contributed by atoms with Gasteiger partial charge in [0.2, 0.25) is 0 Å². The molecule has 1 N–H and O–H groups in total. The zero-order valence-corrected chi connectivity index (χ0v) is 7.08. The summed E-state index contributed by atoms with van der Waals surface area (Å²) in [4.78, 5) is 0. The Morgan fingerprint density at radius 3 is 2.67 bits per heavy atom. The second kappa shape index (κ2) is 2.83. The quantitative estimate of drug-likeness (QED) is 0.547. The van der Waals surface area contributed by atoms with E-state index in [0.717, 1.165) is 12.0 Å². The molecule has 0 radical (unpaired) electrons. The van der Waals surface area contributed by atoms with Gasteiger partial charge >= 0.3 is 0 Å². The Hall–Kier alpha value is -0.380. The zero-order valence-electron chi connectivity index (χ0n) is 7.08. The molecule has 12 heavy (non-hydrogen) atoms. The van der Waals surface area contributed by atoms with Crippen LogP contribution in [-0.4, -0.2) is 30.2 Å². The van der Waals surface area contributed by atoms with Gasteiger partial charge in [0, 0.05) is 12.8 Å². The predicted octanol–water partition coefficient (Wildman–Crippen LogP) is 0.831. The maximum atomic E-state index is 9.41. The lowest BCUT2D eigenvalue weighted by Crippen LogP contribution is -2.37.